The summed E-state index contributed by atoms with van der Waals surface area (Å²) >= 11 is 0. The van der Waals surface area contributed by atoms with Gasteiger partial charge in [0, 0.05) is 12.6 Å². The Balaban J connectivity index is 1.82. The molecule has 0 aromatic heterocycles. The quantitative estimate of drug-likeness (QED) is 0.630. The number of anilines is 1. The number of hydrogen-bond donors (Lipinski definition) is 1. The fraction of sp³-hybridized carbons (Fsp3) is 0.208. The standard InChI is InChI=1S/C24H26N2O3S/c1-17-13-14-18(2)23(15-17)19(3)25-24(27)20-9-8-10-21(16-20)26(4)30(28,29)22-11-6-5-7-12-22/h5-16,19H,1-4H3,(H,25,27). The lowest BCUT2D eigenvalue weighted by Crippen LogP contribution is -2.29. The largest absolute Gasteiger partial charge is 0.346 e. The van der Waals surface area contributed by atoms with Crippen molar-refractivity contribution in [1.82, 2.24) is 5.32 Å². The predicted octanol–water partition coefficient (Wildman–Crippen LogP) is 4.62. The van der Waals surface area contributed by atoms with Crippen LogP contribution in [0.1, 0.15) is 40.0 Å². The second-order valence-electron chi connectivity index (χ2n) is 7.39. The SMILES string of the molecule is Cc1ccc(C)c(C(C)NC(=O)c2cccc(N(C)S(=O)(=O)c3ccccc3)c2)c1. The second kappa shape index (κ2) is 8.71. The van der Waals surface area contributed by atoms with Crippen LogP contribution >= 0.6 is 0 Å². The molecule has 0 heterocycles. The molecule has 3 rings (SSSR count). The molecule has 0 saturated heterocycles. The van der Waals surface area contributed by atoms with Crippen molar-refractivity contribution in [3.8, 4) is 0 Å². The average molecular weight is 423 g/mol. The summed E-state index contributed by atoms with van der Waals surface area (Å²) in [5.74, 6) is -0.254. The van der Waals surface area contributed by atoms with Gasteiger partial charge < -0.3 is 5.32 Å². The molecule has 3 aromatic carbocycles. The van der Waals surface area contributed by atoms with Crippen molar-refractivity contribution >= 4 is 21.6 Å². The highest BCUT2D eigenvalue weighted by Crippen LogP contribution is 2.24. The third kappa shape index (κ3) is 4.54. The van der Waals surface area contributed by atoms with Crippen LogP contribution in [0.5, 0.6) is 0 Å². The summed E-state index contributed by atoms with van der Waals surface area (Å²) in [5, 5.41) is 3.01. The maximum atomic E-state index is 12.9. The van der Waals surface area contributed by atoms with Gasteiger partial charge in [0.2, 0.25) is 0 Å². The number of hydrogen-bond acceptors (Lipinski definition) is 3. The van der Waals surface area contributed by atoms with Gasteiger partial charge in [0.15, 0.2) is 0 Å². The van der Waals surface area contributed by atoms with Crippen molar-refractivity contribution in [3.05, 3.63) is 95.1 Å². The zero-order chi connectivity index (χ0) is 21.9. The third-order valence-electron chi connectivity index (χ3n) is 5.12. The predicted molar refractivity (Wildman–Crippen MR) is 120 cm³/mol. The Labute approximate surface area is 178 Å². The number of carbonyl (C=O) groups is 1. The van der Waals surface area contributed by atoms with E-state index in [1.807, 2.05) is 32.9 Å². The summed E-state index contributed by atoms with van der Waals surface area (Å²) in [6.45, 7) is 5.97. The minimum Gasteiger partial charge on any atom is -0.346 e. The van der Waals surface area contributed by atoms with E-state index in [0.29, 0.717) is 11.3 Å². The lowest BCUT2D eigenvalue weighted by Gasteiger charge is -2.21. The first-order valence-corrected chi connectivity index (χ1v) is 11.2. The monoisotopic (exact) mass is 422 g/mol. The maximum absolute atomic E-state index is 12.9. The minimum atomic E-state index is -3.71. The van der Waals surface area contributed by atoms with Crippen molar-refractivity contribution in [1.29, 1.82) is 0 Å². The molecule has 30 heavy (non-hydrogen) atoms. The molecule has 156 valence electrons. The van der Waals surface area contributed by atoms with Crippen LogP contribution in [0.15, 0.2) is 77.7 Å². The van der Waals surface area contributed by atoms with Crippen LogP contribution in [0.4, 0.5) is 5.69 Å². The Morgan fingerprint density at radius 1 is 0.933 bits per heavy atom. The molecule has 0 saturated carbocycles. The molecule has 0 aliphatic rings. The molecule has 0 radical (unpaired) electrons. The molecular formula is C24H26N2O3S. The van der Waals surface area contributed by atoms with Gasteiger partial charge in [-0.15, -0.1) is 0 Å². The molecule has 0 spiro atoms. The number of nitrogens with one attached hydrogen (secondary N) is 1. The molecule has 1 N–H and O–H groups in total. The smallest absolute Gasteiger partial charge is 0.264 e. The molecule has 5 nitrogen and oxygen atoms in total. The topological polar surface area (TPSA) is 66.5 Å². The zero-order valence-electron chi connectivity index (χ0n) is 17.6. The number of rotatable bonds is 6. The van der Waals surface area contributed by atoms with Gasteiger partial charge in [0.05, 0.1) is 16.6 Å². The molecule has 3 aromatic rings. The number of carbonyl (C=O) groups excluding carboxylic acids is 1. The maximum Gasteiger partial charge on any atom is 0.264 e. The Kier molecular flexibility index (Phi) is 6.27. The van der Waals surface area contributed by atoms with E-state index in [0.717, 1.165) is 16.7 Å². The van der Waals surface area contributed by atoms with Crippen molar-refractivity contribution in [2.24, 2.45) is 0 Å². The van der Waals surface area contributed by atoms with Crippen LogP contribution in [-0.4, -0.2) is 21.4 Å². The first-order chi connectivity index (χ1) is 14.2. The number of amides is 1. The summed E-state index contributed by atoms with van der Waals surface area (Å²) in [7, 11) is -2.23. The average Bonchev–Trinajstić information content (AvgIpc) is 2.75. The van der Waals surface area contributed by atoms with Crippen LogP contribution in [0.25, 0.3) is 0 Å². The molecule has 0 bridgehead atoms. The van der Waals surface area contributed by atoms with Crippen molar-refractivity contribution in [2.45, 2.75) is 31.7 Å². The Morgan fingerprint density at radius 2 is 1.63 bits per heavy atom. The molecule has 0 aliphatic heterocycles. The van der Waals surface area contributed by atoms with Gasteiger partial charge in [-0.2, -0.15) is 0 Å². The molecule has 1 atom stereocenters. The van der Waals surface area contributed by atoms with E-state index in [1.54, 1.807) is 54.6 Å². The van der Waals surface area contributed by atoms with E-state index in [4.69, 9.17) is 0 Å². The van der Waals surface area contributed by atoms with Gasteiger partial charge in [-0.05, 0) is 62.2 Å². The molecule has 1 amide bonds. The fourth-order valence-corrected chi connectivity index (χ4v) is 4.52. The van der Waals surface area contributed by atoms with Gasteiger partial charge in [0.1, 0.15) is 0 Å². The van der Waals surface area contributed by atoms with Crippen LogP contribution in [0.2, 0.25) is 0 Å². The highest BCUT2D eigenvalue weighted by molar-refractivity contribution is 7.92. The molecule has 0 aliphatic carbocycles. The van der Waals surface area contributed by atoms with E-state index >= 15 is 0 Å². The fourth-order valence-electron chi connectivity index (χ4n) is 3.32. The van der Waals surface area contributed by atoms with Crippen LogP contribution < -0.4 is 9.62 Å². The number of nitrogens with zero attached hydrogens (tertiary/aromatic N) is 1. The molecule has 0 fully saturated rings. The van der Waals surface area contributed by atoms with Gasteiger partial charge in [-0.1, -0.05) is 48.0 Å². The Hall–Kier alpha value is -3.12. The lowest BCUT2D eigenvalue weighted by molar-refractivity contribution is 0.0940. The third-order valence-corrected chi connectivity index (χ3v) is 6.92. The minimum absolute atomic E-state index is 0.174. The van der Waals surface area contributed by atoms with Gasteiger partial charge in [0.25, 0.3) is 15.9 Å². The van der Waals surface area contributed by atoms with Gasteiger partial charge in [-0.25, -0.2) is 8.42 Å². The number of aryl methyl sites for hydroxylation is 2. The van der Waals surface area contributed by atoms with E-state index in [9.17, 15) is 13.2 Å². The molecule has 6 heteroatoms. The first kappa shape index (κ1) is 21.6. The summed E-state index contributed by atoms with van der Waals surface area (Å²) in [5.41, 5.74) is 4.12. The highest BCUT2D eigenvalue weighted by atomic mass is 32.2. The molecule has 1 unspecified atom stereocenters. The van der Waals surface area contributed by atoms with E-state index in [-0.39, 0.29) is 16.8 Å². The Morgan fingerprint density at radius 3 is 2.33 bits per heavy atom. The van der Waals surface area contributed by atoms with Crippen molar-refractivity contribution < 1.29 is 13.2 Å². The van der Waals surface area contributed by atoms with Gasteiger partial charge >= 0.3 is 0 Å². The zero-order valence-corrected chi connectivity index (χ0v) is 18.4. The first-order valence-electron chi connectivity index (χ1n) is 9.72. The van der Waals surface area contributed by atoms with E-state index < -0.39 is 10.0 Å². The Bertz CT molecular complexity index is 1160. The van der Waals surface area contributed by atoms with Crippen molar-refractivity contribution in [2.75, 3.05) is 11.4 Å². The normalized spacial score (nSPS) is 12.3. The summed E-state index contributed by atoms with van der Waals surface area (Å²) in [6.07, 6.45) is 0. The summed E-state index contributed by atoms with van der Waals surface area (Å²) in [6, 6.07) is 20.8. The van der Waals surface area contributed by atoms with Gasteiger partial charge in [-0.3, -0.25) is 9.10 Å². The van der Waals surface area contributed by atoms with E-state index in [2.05, 4.69) is 11.4 Å². The van der Waals surface area contributed by atoms with Crippen molar-refractivity contribution in [3.63, 3.8) is 0 Å². The number of sulfonamides is 1. The highest BCUT2D eigenvalue weighted by Gasteiger charge is 2.22. The molecular weight excluding hydrogens is 396 g/mol. The van der Waals surface area contributed by atoms with Crippen LogP contribution in [-0.2, 0) is 10.0 Å². The second-order valence-corrected chi connectivity index (χ2v) is 9.36. The number of benzene rings is 3. The van der Waals surface area contributed by atoms with E-state index in [1.165, 1.54) is 11.4 Å². The van der Waals surface area contributed by atoms with Crippen LogP contribution in [0, 0.1) is 13.8 Å². The summed E-state index contributed by atoms with van der Waals surface area (Å²) < 4.78 is 26.9. The van der Waals surface area contributed by atoms with Crippen LogP contribution in [0.3, 0.4) is 0 Å². The lowest BCUT2D eigenvalue weighted by atomic mass is 9.99. The summed E-state index contributed by atoms with van der Waals surface area (Å²) in [4.78, 5) is 13.0.